The lowest BCUT2D eigenvalue weighted by Gasteiger charge is -2.34. The fourth-order valence-corrected chi connectivity index (χ4v) is 9.50. The van der Waals surface area contributed by atoms with Gasteiger partial charge in [0, 0.05) is 26.2 Å². The molecular weight excluding hydrogens is 456 g/mol. The van der Waals surface area contributed by atoms with Crippen LogP contribution in [0.15, 0.2) is 29.2 Å². The van der Waals surface area contributed by atoms with E-state index in [9.17, 15) is 30.0 Å². The Bertz CT molecular complexity index is 1120. The summed E-state index contributed by atoms with van der Waals surface area (Å²) in [5.41, 5.74) is 0.113. The van der Waals surface area contributed by atoms with E-state index in [2.05, 4.69) is 0 Å². The first-order valence-electron chi connectivity index (χ1n) is 9.44. The minimum Gasteiger partial charge on any atom is -0.462 e. The van der Waals surface area contributed by atoms with E-state index in [0.29, 0.717) is 0 Å². The Morgan fingerprint density at radius 2 is 1.73 bits per heavy atom. The van der Waals surface area contributed by atoms with Crippen LogP contribution in [0, 0.1) is 0 Å². The van der Waals surface area contributed by atoms with Gasteiger partial charge < -0.3 is 4.74 Å². The van der Waals surface area contributed by atoms with Gasteiger partial charge in [-0.2, -0.15) is 8.61 Å². The first-order chi connectivity index (χ1) is 14.0. The lowest BCUT2D eigenvalue weighted by atomic mass is 10.2. The molecule has 2 heterocycles. The summed E-state index contributed by atoms with van der Waals surface area (Å²) in [5.74, 6) is -1.17. The number of nitrogens with zero attached hydrogens (tertiary/aromatic N) is 2. The number of sulfonamides is 2. The zero-order valence-electron chi connectivity index (χ0n) is 16.4. The van der Waals surface area contributed by atoms with Gasteiger partial charge in [0.05, 0.1) is 33.8 Å². The van der Waals surface area contributed by atoms with Gasteiger partial charge in [0.2, 0.25) is 20.0 Å². The smallest absolute Gasteiger partial charge is 0.338 e. The first-order valence-corrected chi connectivity index (χ1v) is 14.2. The summed E-state index contributed by atoms with van der Waals surface area (Å²) in [6, 6.07) is 5.50. The molecule has 1 unspecified atom stereocenters. The van der Waals surface area contributed by atoms with Gasteiger partial charge in [-0.3, -0.25) is 0 Å². The molecule has 2 aliphatic rings. The molecule has 0 aromatic heterocycles. The molecule has 10 nitrogen and oxygen atoms in total. The number of hydrogen-bond acceptors (Lipinski definition) is 8. The van der Waals surface area contributed by atoms with E-state index in [4.69, 9.17) is 4.74 Å². The molecule has 0 spiro atoms. The number of rotatable bonds is 6. The average Bonchev–Trinajstić information content (AvgIpc) is 3.09. The van der Waals surface area contributed by atoms with E-state index >= 15 is 0 Å². The fourth-order valence-electron chi connectivity index (χ4n) is 3.52. The van der Waals surface area contributed by atoms with Crippen molar-refractivity contribution in [1.82, 2.24) is 8.61 Å². The van der Waals surface area contributed by atoms with Crippen LogP contribution in [0.4, 0.5) is 0 Å². The van der Waals surface area contributed by atoms with Crippen molar-refractivity contribution in [2.24, 2.45) is 0 Å². The van der Waals surface area contributed by atoms with E-state index in [1.807, 2.05) is 0 Å². The Balaban J connectivity index is 1.71. The highest BCUT2D eigenvalue weighted by molar-refractivity contribution is 7.95. The Hall–Kier alpha value is -1.54. The predicted octanol–water partition coefficient (Wildman–Crippen LogP) is -0.313. The Labute approximate surface area is 176 Å². The van der Waals surface area contributed by atoms with Crippen molar-refractivity contribution in [3.05, 3.63) is 29.8 Å². The first kappa shape index (κ1) is 23.1. The molecule has 3 rings (SSSR count). The zero-order valence-corrected chi connectivity index (χ0v) is 18.9. The highest BCUT2D eigenvalue weighted by Crippen LogP contribution is 2.25. The summed E-state index contributed by atoms with van der Waals surface area (Å²) in [5, 5.41) is -0.980. The molecule has 1 aromatic carbocycles. The monoisotopic (exact) mass is 480 g/mol. The van der Waals surface area contributed by atoms with E-state index in [1.165, 1.54) is 28.6 Å². The SMILES string of the molecule is CCOC(=O)c1cccc(S(=O)(=O)N2CCN(S(=O)(=O)C3CCS(=O)(=O)C3)CC2)c1. The molecule has 2 aliphatic heterocycles. The van der Waals surface area contributed by atoms with Crippen molar-refractivity contribution >= 4 is 35.9 Å². The number of hydrogen-bond donors (Lipinski definition) is 0. The Morgan fingerprint density at radius 3 is 2.30 bits per heavy atom. The van der Waals surface area contributed by atoms with E-state index in [1.54, 1.807) is 6.92 Å². The molecule has 0 radical (unpaired) electrons. The van der Waals surface area contributed by atoms with Gasteiger partial charge in [0.1, 0.15) is 0 Å². The molecule has 0 saturated carbocycles. The van der Waals surface area contributed by atoms with Gasteiger partial charge in [0.25, 0.3) is 0 Å². The standard InChI is InChI=1S/C17H24N2O8S3/c1-2-27-17(20)14-4-3-5-15(12-14)29(23,24)18-7-9-19(10-8-18)30(25,26)16-6-11-28(21,22)13-16/h3-5,12,16H,2,6-11,13H2,1H3. The summed E-state index contributed by atoms with van der Waals surface area (Å²) in [4.78, 5) is 11.8. The van der Waals surface area contributed by atoms with Crippen molar-refractivity contribution in [2.75, 3.05) is 44.3 Å². The van der Waals surface area contributed by atoms with Crippen molar-refractivity contribution < 1.29 is 34.8 Å². The van der Waals surface area contributed by atoms with Gasteiger partial charge in [-0.1, -0.05) is 6.07 Å². The third kappa shape index (κ3) is 4.69. The van der Waals surface area contributed by atoms with Crippen molar-refractivity contribution in [3.8, 4) is 0 Å². The predicted molar refractivity (Wildman–Crippen MR) is 109 cm³/mol. The largest absolute Gasteiger partial charge is 0.462 e. The lowest BCUT2D eigenvalue weighted by molar-refractivity contribution is 0.0526. The number of carbonyl (C=O) groups excluding carboxylic acids is 1. The maximum absolute atomic E-state index is 12.9. The van der Waals surface area contributed by atoms with Crippen LogP contribution in [0.25, 0.3) is 0 Å². The molecule has 0 aliphatic carbocycles. The summed E-state index contributed by atoms with van der Waals surface area (Å²) in [6.07, 6.45) is 0.0594. The highest BCUT2D eigenvalue weighted by Gasteiger charge is 2.42. The molecule has 168 valence electrons. The minimum absolute atomic E-state index is 0.0594. The van der Waals surface area contributed by atoms with Crippen molar-refractivity contribution in [3.63, 3.8) is 0 Å². The van der Waals surface area contributed by atoms with Crippen molar-refractivity contribution in [2.45, 2.75) is 23.5 Å². The summed E-state index contributed by atoms with van der Waals surface area (Å²) in [7, 11) is -11.1. The second-order valence-corrected chi connectivity index (χ2v) is 13.5. The number of benzene rings is 1. The summed E-state index contributed by atoms with van der Waals surface area (Å²) < 4.78 is 81.8. The molecule has 13 heteroatoms. The molecule has 2 saturated heterocycles. The second-order valence-electron chi connectivity index (χ2n) is 7.12. The number of esters is 1. The van der Waals surface area contributed by atoms with Crippen LogP contribution in [0.3, 0.4) is 0 Å². The molecule has 0 bridgehead atoms. The number of ether oxygens (including phenoxy) is 1. The van der Waals surface area contributed by atoms with Gasteiger partial charge in [-0.25, -0.2) is 30.0 Å². The lowest BCUT2D eigenvalue weighted by Crippen LogP contribution is -2.52. The molecule has 30 heavy (non-hydrogen) atoms. The van der Waals surface area contributed by atoms with E-state index < -0.39 is 46.9 Å². The fraction of sp³-hybridized carbons (Fsp3) is 0.588. The van der Waals surface area contributed by atoms with Crippen LogP contribution in [0.2, 0.25) is 0 Å². The quantitative estimate of drug-likeness (QED) is 0.506. The third-order valence-electron chi connectivity index (χ3n) is 5.15. The summed E-state index contributed by atoms with van der Waals surface area (Å²) >= 11 is 0. The van der Waals surface area contributed by atoms with Crippen LogP contribution in [-0.2, 0) is 34.6 Å². The van der Waals surface area contributed by atoms with Crippen LogP contribution < -0.4 is 0 Å². The second kappa shape index (κ2) is 8.54. The van der Waals surface area contributed by atoms with Gasteiger partial charge >= 0.3 is 5.97 Å². The van der Waals surface area contributed by atoms with Gasteiger partial charge in [0.15, 0.2) is 9.84 Å². The number of carbonyl (C=O) groups is 1. The van der Waals surface area contributed by atoms with Gasteiger partial charge in [-0.15, -0.1) is 0 Å². The molecule has 0 amide bonds. The third-order valence-corrected chi connectivity index (χ3v) is 11.4. The molecule has 2 fully saturated rings. The van der Waals surface area contributed by atoms with Crippen LogP contribution >= 0.6 is 0 Å². The minimum atomic E-state index is -3.93. The Morgan fingerprint density at radius 1 is 1.10 bits per heavy atom. The molecular formula is C17H24N2O8S3. The van der Waals surface area contributed by atoms with E-state index in [0.717, 1.165) is 4.31 Å². The van der Waals surface area contributed by atoms with Crippen LogP contribution in [-0.4, -0.2) is 89.4 Å². The normalized spacial score (nSPS) is 23.3. The topological polar surface area (TPSA) is 135 Å². The highest BCUT2D eigenvalue weighted by atomic mass is 32.2. The molecule has 1 atom stereocenters. The number of sulfone groups is 1. The zero-order chi connectivity index (χ0) is 22.2. The average molecular weight is 481 g/mol. The van der Waals surface area contributed by atoms with Crippen LogP contribution in [0.5, 0.6) is 0 Å². The maximum atomic E-state index is 12.9. The van der Waals surface area contributed by atoms with E-state index in [-0.39, 0.29) is 55.4 Å². The summed E-state index contributed by atoms with van der Waals surface area (Å²) in [6.45, 7) is 1.56. The molecule has 1 aromatic rings. The van der Waals surface area contributed by atoms with Crippen molar-refractivity contribution in [1.29, 1.82) is 0 Å². The Kier molecular flexibility index (Phi) is 6.58. The van der Waals surface area contributed by atoms with Crippen LogP contribution in [0.1, 0.15) is 23.7 Å². The molecule has 0 N–H and O–H groups in total. The maximum Gasteiger partial charge on any atom is 0.338 e. The van der Waals surface area contributed by atoms with Gasteiger partial charge in [-0.05, 0) is 31.5 Å². The number of piperazine rings is 1.